The fraction of sp³-hybridized carbons (Fsp3) is 0.294. The predicted octanol–water partition coefficient (Wildman–Crippen LogP) is 4.44. The minimum Gasteiger partial charge on any atom is -0.492 e. The highest BCUT2D eigenvalue weighted by atomic mass is 19.1. The third-order valence-corrected chi connectivity index (χ3v) is 3.07. The van der Waals surface area contributed by atoms with E-state index in [4.69, 9.17) is 4.74 Å². The van der Waals surface area contributed by atoms with E-state index in [0.29, 0.717) is 19.1 Å². The maximum absolute atomic E-state index is 13.0. The van der Waals surface area contributed by atoms with E-state index in [1.807, 2.05) is 18.2 Å². The summed E-state index contributed by atoms with van der Waals surface area (Å²) in [6, 6.07) is 14.5. The van der Waals surface area contributed by atoms with Gasteiger partial charge in [0.1, 0.15) is 18.2 Å². The molecule has 0 saturated heterocycles. The molecule has 2 nitrogen and oxygen atoms in total. The van der Waals surface area contributed by atoms with Crippen molar-refractivity contribution in [3.05, 3.63) is 59.9 Å². The quantitative estimate of drug-likeness (QED) is 0.786. The highest BCUT2D eigenvalue weighted by Gasteiger charge is 1.99. The number of nitrogens with one attached hydrogen (secondary N) is 1. The number of rotatable bonds is 6. The monoisotopic (exact) mass is 273 g/mol. The molecule has 0 aliphatic heterocycles. The molecule has 0 aromatic heterocycles. The lowest BCUT2D eigenvalue weighted by Gasteiger charge is -2.10. The van der Waals surface area contributed by atoms with Gasteiger partial charge in [0, 0.05) is 12.2 Å². The molecule has 0 saturated carbocycles. The number of hydrogen-bond donors (Lipinski definition) is 1. The summed E-state index contributed by atoms with van der Waals surface area (Å²) in [6.45, 7) is 5.50. The Balaban J connectivity index is 1.75. The molecule has 3 heteroatoms. The first-order valence-electron chi connectivity index (χ1n) is 6.87. The highest BCUT2D eigenvalue weighted by molar-refractivity contribution is 5.42. The second-order valence-electron chi connectivity index (χ2n) is 5.01. The van der Waals surface area contributed by atoms with Crippen LogP contribution in [0.15, 0.2) is 48.5 Å². The molecule has 0 aliphatic carbocycles. The van der Waals surface area contributed by atoms with Gasteiger partial charge in [0.05, 0.1) is 0 Å². The SMILES string of the molecule is CC(C)c1ccc(OCCNc2cccc(F)c2)cc1. The Morgan fingerprint density at radius 1 is 1.10 bits per heavy atom. The van der Waals surface area contributed by atoms with E-state index in [9.17, 15) is 4.39 Å². The standard InChI is InChI=1S/C17H20FNO/c1-13(2)14-6-8-17(9-7-14)20-11-10-19-16-5-3-4-15(18)12-16/h3-9,12-13,19H,10-11H2,1-2H3. The van der Waals surface area contributed by atoms with E-state index in [-0.39, 0.29) is 5.82 Å². The van der Waals surface area contributed by atoms with Gasteiger partial charge in [-0.1, -0.05) is 32.0 Å². The maximum Gasteiger partial charge on any atom is 0.125 e. The fourth-order valence-corrected chi connectivity index (χ4v) is 1.91. The number of halogens is 1. The summed E-state index contributed by atoms with van der Waals surface area (Å²) in [4.78, 5) is 0. The predicted molar refractivity (Wildman–Crippen MR) is 80.9 cm³/mol. The van der Waals surface area contributed by atoms with Crippen LogP contribution in [-0.4, -0.2) is 13.2 Å². The molecule has 0 aliphatic rings. The highest BCUT2D eigenvalue weighted by Crippen LogP contribution is 2.18. The van der Waals surface area contributed by atoms with Crippen molar-refractivity contribution in [2.24, 2.45) is 0 Å². The van der Waals surface area contributed by atoms with Crippen LogP contribution in [0.5, 0.6) is 5.75 Å². The molecule has 106 valence electrons. The molecular formula is C17H20FNO. The Bertz CT molecular complexity index is 537. The topological polar surface area (TPSA) is 21.3 Å². The van der Waals surface area contributed by atoms with Crippen molar-refractivity contribution in [3.63, 3.8) is 0 Å². The summed E-state index contributed by atoms with van der Waals surface area (Å²) in [6.07, 6.45) is 0. The number of hydrogen-bond acceptors (Lipinski definition) is 2. The van der Waals surface area contributed by atoms with E-state index in [2.05, 4.69) is 31.3 Å². The summed E-state index contributed by atoms with van der Waals surface area (Å²) < 4.78 is 18.6. The smallest absolute Gasteiger partial charge is 0.125 e. The molecule has 20 heavy (non-hydrogen) atoms. The van der Waals surface area contributed by atoms with Gasteiger partial charge < -0.3 is 10.1 Å². The van der Waals surface area contributed by atoms with Gasteiger partial charge in [-0.3, -0.25) is 0 Å². The van der Waals surface area contributed by atoms with Crippen LogP contribution in [0.2, 0.25) is 0 Å². The molecule has 0 bridgehead atoms. The number of ether oxygens (including phenoxy) is 1. The number of benzene rings is 2. The molecule has 2 rings (SSSR count). The zero-order valence-electron chi connectivity index (χ0n) is 11.9. The van der Waals surface area contributed by atoms with E-state index in [1.54, 1.807) is 6.07 Å². The van der Waals surface area contributed by atoms with Crippen LogP contribution in [0.4, 0.5) is 10.1 Å². The summed E-state index contributed by atoms with van der Waals surface area (Å²) in [5, 5.41) is 3.12. The molecular weight excluding hydrogens is 253 g/mol. The van der Waals surface area contributed by atoms with E-state index < -0.39 is 0 Å². The van der Waals surface area contributed by atoms with Crippen molar-refractivity contribution < 1.29 is 9.13 Å². The lowest BCUT2D eigenvalue weighted by Crippen LogP contribution is -2.11. The van der Waals surface area contributed by atoms with Crippen molar-refractivity contribution in [2.75, 3.05) is 18.5 Å². The first-order valence-corrected chi connectivity index (χ1v) is 6.87. The lowest BCUT2D eigenvalue weighted by atomic mass is 10.0. The van der Waals surface area contributed by atoms with E-state index >= 15 is 0 Å². The van der Waals surface area contributed by atoms with Crippen LogP contribution in [0.3, 0.4) is 0 Å². The van der Waals surface area contributed by atoms with Crippen molar-refractivity contribution in [1.82, 2.24) is 0 Å². The fourth-order valence-electron chi connectivity index (χ4n) is 1.91. The zero-order chi connectivity index (χ0) is 14.4. The van der Waals surface area contributed by atoms with Crippen LogP contribution in [0.25, 0.3) is 0 Å². The Hall–Kier alpha value is -2.03. The lowest BCUT2D eigenvalue weighted by molar-refractivity contribution is 0.332. The Labute approximate surface area is 119 Å². The molecule has 0 atom stereocenters. The average Bonchev–Trinajstić information content (AvgIpc) is 2.44. The Kier molecular flexibility index (Phi) is 4.99. The van der Waals surface area contributed by atoms with Crippen LogP contribution < -0.4 is 10.1 Å². The molecule has 0 fully saturated rings. The molecule has 2 aromatic carbocycles. The van der Waals surface area contributed by atoms with Crippen LogP contribution in [0, 0.1) is 5.82 Å². The van der Waals surface area contributed by atoms with Crippen molar-refractivity contribution in [1.29, 1.82) is 0 Å². The maximum atomic E-state index is 13.0. The second-order valence-corrected chi connectivity index (χ2v) is 5.01. The normalized spacial score (nSPS) is 10.6. The van der Waals surface area contributed by atoms with Gasteiger partial charge in [-0.25, -0.2) is 4.39 Å². The molecule has 0 unspecified atom stereocenters. The Morgan fingerprint density at radius 2 is 1.85 bits per heavy atom. The average molecular weight is 273 g/mol. The molecule has 0 amide bonds. The van der Waals surface area contributed by atoms with Crippen LogP contribution in [0.1, 0.15) is 25.3 Å². The van der Waals surface area contributed by atoms with E-state index in [0.717, 1.165) is 11.4 Å². The second kappa shape index (κ2) is 6.94. The van der Waals surface area contributed by atoms with Gasteiger partial charge in [0.25, 0.3) is 0 Å². The van der Waals surface area contributed by atoms with Gasteiger partial charge in [0.2, 0.25) is 0 Å². The summed E-state index contributed by atoms with van der Waals surface area (Å²) >= 11 is 0. The first-order chi connectivity index (χ1) is 9.65. The summed E-state index contributed by atoms with van der Waals surface area (Å²) in [7, 11) is 0. The first kappa shape index (κ1) is 14.4. The minimum absolute atomic E-state index is 0.236. The van der Waals surface area contributed by atoms with Crippen molar-refractivity contribution >= 4 is 5.69 Å². The summed E-state index contributed by atoms with van der Waals surface area (Å²) in [5.74, 6) is 1.15. The largest absolute Gasteiger partial charge is 0.492 e. The third-order valence-electron chi connectivity index (χ3n) is 3.07. The minimum atomic E-state index is -0.236. The van der Waals surface area contributed by atoms with Gasteiger partial charge in [0.15, 0.2) is 0 Å². The van der Waals surface area contributed by atoms with Gasteiger partial charge in [-0.15, -0.1) is 0 Å². The molecule has 1 N–H and O–H groups in total. The van der Waals surface area contributed by atoms with Gasteiger partial charge in [-0.2, -0.15) is 0 Å². The molecule has 2 aromatic rings. The van der Waals surface area contributed by atoms with Gasteiger partial charge >= 0.3 is 0 Å². The van der Waals surface area contributed by atoms with Crippen LogP contribution in [-0.2, 0) is 0 Å². The molecule has 0 spiro atoms. The van der Waals surface area contributed by atoms with Crippen LogP contribution >= 0.6 is 0 Å². The summed E-state index contributed by atoms with van der Waals surface area (Å²) in [5.41, 5.74) is 2.07. The Morgan fingerprint density at radius 3 is 2.50 bits per heavy atom. The van der Waals surface area contributed by atoms with Crippen molar-refractivity contribution in [3.8, 4) is 5.75 Å². The van der Waals surface area contributed by atoms with Gasteiger partial charge in [-0.05, 0) is 41.8 Å². The zero-order valence-corrected chi connectivity index (χ0v) is 11.9. The third kappa shape index (κ3) is 4.26. The molecule has 0 heterocycles. The molecule has 0 radical (unpaired) electrons. The van der Waals surface area contributed by atoms with Crippen molar-refractivity contribution in [2.45, 2.75) is 19.8 Å². The number of anilines is 1. The van der Waals surface area contributed by atoms with E-state index in [1.165, 1.54) is 17.7 Å².